The lowest BCUT2D eigenvalue weighted by atomic mass is 10.1. The third kappa shape index (κ3) is 3.80. The molecule has 1 saturated carbocycles. The van der Waals surface area contributed by atoms with Crippen molar-refractivity contribution >= 4 is 6.03 Å². The fourth-order valence-corrected chi connectivity index (χ4v) is 2.90. The van der Waals surface area contributed by atoms with Crippen molar-refractivity contribution in [1.29, 1.82) is 0 Å². The highest BCUT2D eigenvalue weighted by atomic mass is 16.7. The van der Waals surface area contributed by atoms with Crippen molar-refractivity contribution in [1.82, 2.24) is 10.6 Å². The Balaban J connectivity index is 1.35. The van der Waals surface area contributed by atoms with Gasteiger partial charge in [-0.25, -0.2) is 4.79 Å². The van der Waals surface area contributed by atoms with E-state index in [0.717, 1.165) is 37.2 Å². The van der Waals surface area contributed by atoms with E-state index in [1.54, 1.807) is 0 Å². The number of amides is 2. The van der Waals surface area contributed by atoms with Crippen LogP contribution in [0.15, 0.2) is 18.2 Å². The van der Waals surface area contributed by atoms with Crippen LogP contribution in [0, 0.1) is 0 Å². The molecular formula is C16H22N2O3. The van der Waals surface area contributed by atoms with E-state index in [0.29, 0.717) is 19.4 Å². The number of ether oxygens (including phenoxy) is 2. The summed E-state index contributed by atoms with van der Waals surface area (Å²) in [5.74, 6) is 1.63. The Morgan fingerprint density at radius 3 is 2.86 bits per heavy atom. The molecule has 1 heterocycles. The van der Waals surface area contributed by atoms with Gasteiger partial charge in [0.1, 0.15) is 0 Å². The zero-order chi connectivity index (χ0) is 14.5. The lowest BCUT2D eigenvalue weighted by molar-refractivity contribution is 0.174. The molecule has 0 spiro atoms. The number of carbonyl (C=O) groups is 1. The van der Waals surface area contributed by atoms with E-state index in [4.69, 9.17) is 9.47 Å². The quantitative estimate of drug-likeness (QED) is 0.819. The summed E-state index contributed by atoms with van der Waals surface area (Å²) in [6.45, 7) is 0.995. The summed E-state index contributed by atoms with van der Waals surface area (Å²) < 4.78 is 10.6. The summed E-state index contributed by atoms with van der Waals surface area (Å²) in [5.41, 5.74) is 1.21. The average Bonchev–Trinajstić information content (AvgIpc) is 3.14. The lowest BCUT2D eigenvalue weighted by Gasteiger charge is -2.12. The number of fused-ring (bicyclic) bond motifs is 1. The van der Waals surface area contributed by atoms with Gasteiger partial charge in [0.2, 0.25) is 6.79 Å². The first-order valence-electron chi connectivity index (χ1n) is 7.74. The second-order valence-corrected chi connectivity index (χ2v) is 5.67. The molecule has 2 amide bonds. The monoisotopic (exact) mass is 290 g/mol. The Morgan fingerprint density at radius 2 is 2.00 bits per heavy atom. The van der Waals surface area contributed by atoms with Gasteiger partial charge >= 0.3 is 6.03 Å². The van der Waals surface area contributed by atoms with Crippen molar-refractivity contribution in [2.45, 2.75) is 44.6 Å². The third-order valence-electron chi connectivity index (χ3n) is 4.06. The highest BCUT2D eigenvalue weighted by Gasteiger charge is 2.16. The van der Waals surface area contributed by atoms with Gasteiger partial charge < -0.3 is 20.1 Å². The molecule has 0 unspecified atom stereocenters. The van der Waals surface area contributed by atoms with Crippen molar-refractivity contribution in [2.24, 2.45) is 0 Å². The van der Waals surface area contributed by atoms with Gasteiger partial charge in [-0.3, -0.25) is 0 Å². The topological polar surface area (TPSA) is 59.6 Å². The van der Waals surface area contributed by atoms with E-state index in [9.17, 15) is 4.79 Å². The van der Waals surface area contributed by atoms with E-state index in [2.05, 4.69) is 10.6 Å². The molecule has 0 aromatic heterocycles. The van der Waals surface area contributed by atoms with Gasteiger partial charge in [0.15, 0.2) is 11.5 Å². The predicted molar refractivity (Wildman–Crippen MR) is 79.7 cm³/mol. The molecule has 3 rings (SSSR count). The molecule has 0 saturated heterocycles. The van der Waals surface area contributed by atoms with Crippen LogP contribution >= 0.6 is 0 Å². The Bertz CT molecular complexity index is 498. The minimum Gasteiger partial charge on any atom is -0.454 e. The molecule has 1 aromatic rings. The zero-order valence-electron chi connectivity index (χ0n) is 12.2. The molecular weight excluding hydrogens is 268 g/mol. The summed E-state index contributed by atoms with van der Waals surface area (Å²) in [5, 5.41) is 5.95. The molecule has 2 aliphatic rings. The normalized spacial score (nSPS) is 17.0. The van der Waals surface area contributed by atoms with Crippen molar-refractivity contribution in [3.8, 4) is 11.5 Å². The molecule has 0 bridgehead atoms. The van der Waals surface area contributed by atoms with Gasteiger partial charge in [-0.15, -0.1) is 0 Å². The van der Waals surface area contributed by atoms with Gasteiger partial charge in [0.05, 0.1) is 0 Å². The van der Waals surface area contributed by atoms with Gasteiger partial charge in [-0.05, 0) is 43.4 Å². The van der Waals surface area contributed by atoms with Crippen LogP contribution in [0.1, 0.15) is 37.7 Å². The number of urea groups is 1. The van der Waals surface area contributed by atoms with E-state index in [-0.39, 0.29) is 6.03 Å². The van der Waals surface area contributed by atoms with Crippen molar-refractivity contribution < 1.29 is 14.3 Å². The maximum absolute atomic E-state index is 11.7. The molecule has 5 nitrogen and oxygen atoms in total. The van der Waals surface area contributed by atoms with Crippen LogP contribution in [0.2, 0.25) is 0 Å². The van der Waals surface area contributed by atoms with E-state index < -0.39 is 0 Å². The zero-order valence-corrected chi connectivity index (χ0v) is 12.2. The SMILES string of the molecule is O=C(NCCCc1ccc2c(c1)OCO2)NC1CCCC1. The Hall–Kier alpha value is -1.91. The first-order chi connectivity index (χ1) is 10.3. The molecule has 1 aromatic carbocycles. The molecule has 1 fully saturated rings. The summed E-state index contributed by atoms with van der Waals surface area (Å²) >= 11 is 0. The number of hydrogen-bond donors (Lipinski definition) is 2. The first kappa shape index (κ1) is 14.0. The lowest BCUT2D eigenvalue weighted by Crippen LogP contribution is -2.41. The van der Waals surface area contributed by atoms with Gasteiger partial charge in [-0.1, -0.05) is 18.9 Å². The fraction of sp³-hybridized carbons (Fsp3) is 0.562. The first-order valence-corrected chi connectivity index (χ1v) is 7.74. The summed E-state index contributed by atoms with van der Waals surface area (Å²) in [6.07, 6.45) is 6.53. The van der Waals surface area contributed by atoms with Crippen molar-refractivity contribution in [3.63, 3.8) is 0 Å². The minimum absolute atomic E-state index is 0.0346. The molecule has 1 aliphatic heterocycles. The Morgan fingerprint density at radius 1 is 1.19 bits per heavy atom. The summed E-state index contributed by atoms with van der Waals surface area (Å²) in [7, 11) is 0. The second-order valence-electron chi connectivity index (χ2n) is 5.67. The average molecular weight is 290 g/mol. The Labute approximate surface area is 125 Å². The maximum Gasteiger partial charge on any atom is 0.315 e. The Kier molecular flexibility index (Phi) is 4.48. The molecule has 2 N–H and O–H groups in total. The summed E-state index contributed by atoms with van der Waals surface area (Å²) in [4.78, 5) is 11.7. The number of rotatable bonds is 5. The van der Waals surface area contributed by atoms with Crippen LogP contribution in [0.4, 0.5) is 4.79 Å². The van der Waals surface area contributed by atoms with Crippen LogP contribution in [0.5, 0.6) is 11.5 Å². The third-order valence-corrected chi connectivity index (χ3v) is 4.06. The number of nitrogens with one attached hydrogen (secondary N) is 2. The largest absolute Gasteiger partial charge is 0.454 e. The van der Waals surface area contributed by atoms with Crippen LogP contribution in [-0.2, 0) is 6.42 Å². The van der Waals surface area contributed by atoms with E-state index in [1.807, 2.05) is 18.2 Å². The van der Waals surface area contributed by atoms with Gasteiger partial charge in [0, 0.05) is 12.6 Å². The number of carbonyl (C=O) groups excluding carboxylic acids is 1. The van der Waals surface area contributed by atoms with Crippen molar-refractivity contribution in [2.75, 3.05) is 13.3 Å². The van der Waals surface area contributed by atoms with Crippen molar-refractivity contribution in [3.05, 3.63) is 23.8 Å². The summed E-state index contributed by atoms with van der Waals surface area (Å²) in [6, 6.07) is 6.34. The molecule has 0 atom stereocenters. The minimum atomic E-state index is -0.0346. The molecule has 1 aliphatic carbocycles. The maximum atomic E-state index is 11.7. The number of benzene rings is 1. The van der Waals surface area contributed by atoms with E-state index >= 15 is 0 Å². The fourth-order valence-electron chi connectivity index (χ4n) is 2.90. The smallest absolute Gasteiger partial charge is 0.315 e. The van der Waals surface area contributed by atoms with E-state index in [1.165, 1.54) is 18.4 Å². The van der Waals surface area contributed by atoms with Crippen LogP contribution in [-0.4, -0.2) is 25.4 Å². The molecule has 5 heteroatoms. The van der Waals surface area contributed by atoms with Crippen LogP contribution in [0.25, 0.3) is 0 Å². The highest BCUT2D eigenvalue weighted by Crippen LogP contribution is 2.32. The highest BCUT2D eigenvalue weighted by molar-refractivity contribution is 5.74. The van der Waals surface area contributed by atoms with Crippen LogP contribution < -0.4 is 20.1 Å². The standard InChI is InChI=1S/C16H22N2O3/c19-16(18-13-5-1-2-6-13)17-9-3-4-12-7-8-14-15(10-12)21-11-20-14/h7-8,10,13H,1-6,9,11H2,(H2,17,18,19). The van der Waals surface area contributed by atoms with Crippen LogP contribution in [0.3, 0.4) is 0 Å². The number of aryl methyl sites for hydroxylation is 1. The van der Waals surface area contributed by atoms with Gasteiger partial charge in [-0.2, -0.15) is 0 Å². The number of hydrogen-bond acceptors (Lipinski definition) is 3. The molecule has 0 radical (unpaired) electrons. The second kappa shape index (κ2) is 6.70. The molecule has 21 heavy (non-hydrogen) atoms. The molecule has 114 valence electrons. The predicted octanol–water partition coefficient (Wildman–Crippen LogP) is 2.59. The van der Waals surface area contributed by atoms with Gasteiger partial charge in [0.25, 0.3) is 0 Å².